The Labute approximate surface area is 145 Å². The number of ketones is 1. The maximum Gasteiger partial charge on any atom is 0.231 e. The molecule has 0 aliphatic heterocycles. The number of Topliss-reactive ketones (excluding diaryl/α,β-unsaturated/α-hetero) is 1. The number of aryl methyl sites for hydroxylation is 1. The normalized spacial score (nSPS) is 10.0. The monoisotopic (exact) mass is 342 g/mol. The molecule has 1 N–H and O–H groups in total. The number of furan rings is 1. The van der Waals surface area contributed by atoms with E-state index in [1.807, 2.05) is 6.07 Å². The van der Waals surface area contributed by atoms with Crippen LogP contribution in [0.3, 0.4) is 0 Å². The summed E-state index contributed by atoms with van der Waals surface area (Å²) in [7, 11) is 3.04. The highest BCUT2D eigenvalue weighted by Gasteiger charge is 2.22. The molecule has 0 saturated carbocycles. The van der Waals surface area contributed by atoms with Gasteiger partial charge < -0.3 is 13.9 Å². The number of anilines is 1. The topological polar surface area (TPSA) is 102 Å². The number of carbonyl (C=O) groups excluding carboxylic acids is 2. The molecule has 0 spiro atoms. The van der Waals surface area contributed by atoms with Gasteiger partial charge in [-0.3, -0.25) is 14.9 Å². The van der Waals surface area contributed by atoms with Crippen molar-refractivity contribution in [3.05, 3.63) is 40.6 Å². The number of hydrogen-bond acceptors (Lipinski definition) is 6. The number of nitrogens with one attached hydrogen (secondary N) is 1. The average molecular weight is 342 g/mol. The minimum Gasteiger partial charge on any atom is -0.493 e. The van der Waals surface area contributed by atoms with Crippen LogP contribution in [0.2, 0.25) is 0 Å². The quantitative estimate of drug-likeness (QED) is 0.810. The van der Waals surface area contributed by atoms with Crippen molar-refractivity contribution in [1.29, 1.82) is 5.26 Å². The van der Waals surface area contributed by atoms with E-state index in [1.54, 1.807) is 25.1 Å². The van der Waals surface area contributed by atoms with Crippen LogP contribution < -0.4 is 14.8 Å². The highest BCUT2D eigenvalue weighted by atomic mass is 16.5. The van der Waals surface area contributed by atoms with Gasteiger partial charge in [0.05, 0.1) is 26.2 Å². The summed E-state index contributed by atoms with van der Waals surface area (Å²) in [6.45, 7) is 2.91. The maximum absolute atomic E-state index is 12.3. The van der Waals surface area contributed by atoms with Crippen LogP contribution in [0.25, 0.3) is 0 Å². The van der Waals surface area contributed by atoms with E-state index < -0.39 is 0 Å². The van der Waals surface area contributed by atoms with Crippen LogP contribution in [0.4, 0.5) is 5.88 Å². The molecule has 0 fully saturated rings. The van der Waals surface area contributed by atoms with Gasteiger partial charge in [-0.05, 0) is 31.5 Å². The fourth-order valence-corrected chi connectivity index (χ4v) is 2.51. The van der Waals surface area contributed by atoms with E-state index in [1.165, 1.54) is 21.1 Å². The molecule has 2 aromatic rings. The van der Waals surface area contributed by atoms with Gasteiger partial charge in [-0.15, -0.1) is 0 Å². The van der Waals surface area contributed by atoms with Crippen molar-refractivity contribution in [2.75, 3.05) is 19.5 Å². The second-order valence-corrected chi connectivity index (χ2v) is 5.32. The van der Waals surface area contributed by atoms with Crippen LogP contribution in [0, 0.1) is 18.3 Å². The molecule has 130 valence electrons. The lowest BCUT2D eigenvalue weighted by Crippen LogP contribution is -2.15. The van der Waals surface area contributed by atoms with Gasteiger partial charge in [0.2, 0.25) is 11.8 Å². The Balaban J connectivity index is 2.20. The van der Waals surface area contributed by atoms with Crippen molar-refractivity contribution in [3.63, 3.8) is 0 Å². The Hall–Kier alpha value is -3.27. The largest absolute Gasteiger partial charge is 0.493 e. The number of methoxy groups -OCH3 is 2. The van der Waals surface area contributed by atoms with Gasteiger partial charge in [0.25, 0.3) is 0 Å². The number of benzene rings is 1. The summed E-state index contributed by atoms with van der Waals surface area (Å²) in [5, 5.41) is 11.8. The molecule has 1 aromatic carbocycles. The smallest absolute Gasteiger partial charge is 0.231 e. The first-order chi connectivity index (χ1) is 11.9. The summed E-state index contributed by atoms with van der Waals surface area (Å²) in [5.41, 5.74) is 0.915. The molecule has 7 nitrogen and oxygen atoms in total. The maximum atomic E-state index is 12.3. The Morgan fingerprint density at radius 3 is 2.48 bits per heavy atom. The lowest BCUT2D eigenvalue weighted by atomic mass is 10.1. The molecule has 25 heavy (non-hydrogen) atoms. The van der Waals surface area contributed by atoms with E-state index in [2.05, 4.69) is 5.32 Å². The minimum atomic E-state index is -0.382. The summed E-state index contributed by atoms with van der Waals surface area (Å²) >= 11 is 0. The molecule has 0 aliphatic rings. The molecular weight excluding hydrogens is 324 g/mol. The van der Waals surface area contributed by atoms with E-state index >= 15 is 0 Å². The number of ether oxygens (including phenoxy) is 2. The van der Waals surface area contributed by atoms with Gasteiger partial charge in [-0.25, -0.2) is 0 Å². The molecular formula is C18H18N2O5. The summed E-state index contributed by atoms with van der Waals surface area (Å²) in [5.74, 6) is 0.677. The van der Waals surface area contributed by atoms with E-state index in [-0.39, 0.29) is 35.1 Å². The van der Waals surface area contributed by atoms with Gasteiger partial charge in [-0.1, -0.05) is 6.07 Å². The molecule has 2 rings (SSSR count). The number of nitriles is 1. The third-order valence-electron chi connectivity index (χ3n) is 3.61. The first-order valence-electron chi connectivity index (χ1n) is 7.46. The lowest BCUT2D eigenvalue weighted by Gasteiger charge is -2.09. The SMILES string of the molecule is COc1ccc(CC(=O)Nc2oc(C)c(C(C)=O)c2C#N)cc1OC. The minimum absolute atomic E-state index is 0.0179. The van der Waals surface area contributed by atoms with Crippen LogP contribution in [0.5, 0.6) is 11.5 Å². The van der Waals surface area contributed by atoms with Crippen LogP contribution in [0.15, 0.2) is 22.6 Å². The number of carbonyl (C=O) groups is 2. The van der Waals surface area contributed by atoms with Crippen molar-refractivity contribution in [2.45, 2.75) is 20.3 Å². The first-order valence-corrected chi connectivity index (χ1v) is 7.46. The highest BCUT2D eigenvalue weighted by molar-refractivity contribution is 6.01. The first kappa shape index (κ1) is 18.1. The van der Waals surface area contributed by atoms with Crippen LogP contribution in [0.1, 0.15) is 34.2 Å². The molecule has 0 radical (unpaired) electrons. The molecule has 0 saturated heterocycles. The average Bonchev–Trinajstić information content (AvgIpc) is 2.89. The highest BCUT2D eigenvalue weighted by Crippen LogP contribution is 2.29. The standard InChI is InChI=1S/C18H18N2O5/c1-10(21)17-11(2)25-18(13(17)9-19)20-16(22)8-12-5-6-14(23-3)15(7-12)24-4/h5-7H,8H2,1-4H3,(H,20,22). The van der Waals surface area contributed by atoms with E-state index in [4.69, 9.17) is 13.9 Å². The van der Waals surface area contributed by atoms with E-state index in [9.17, 15) is 14.9 Å². The Morgan fingerprint density at radius 2 is 1.92 bits per heavy atom. The molecule has 0 atom stereocenters. The Bertz CT molecular complexity index is 861. The number of nitrogens with zero attached hydrogens (tertiary/aromatic N) is 1. The second-order valence-electron chi connectivity index (χ2n) is 5.32. The molecule has 0 unspecified atom stereocenters. The second kappa shape index (κ2) is 7.53. The molecule has 1 amide bonds. The fraction of sp³-hybridized carbons (Fsp3) is 0.278. The zero-order chi connectivity index (χ0) is 18.6. The van der Waals surface area contributed by atoms with E-state index in [0.29, 0.717) is 22.8 Å². The van der Waals surface area contributed by atoms with Crippen LogP contribution in [-0.4, -0.2) is 25.9 Å². The Morgan fingerprint density at radius 1 is 1.24 bits per heavy atom. The zero-order valence-corrected chi connectivity index (χ0v) is 14.4. The zero-order valence-electron chi connectivity index (χ0n) is 14.4. The van der Waals surface area contributed by atoms with Gasteiger partial charge >= 0.3 is 0 Å². The van der Waals surface area contributed by atoms with Crippen molar-refractivity contribution < 1.29 is 23.5 Å². The van der Waals surface area contributed by atoms with Gasteiger partial charge in [0.15, 0.2) is 17.3 Å². The van der Waals surface area contributed by atoms with Crippen LogP contribution >= 0.6 is 0 Å². The van der Waals surface area contributed by atoms with Gasteiger partial charge in [0, 0.05) is 0 Å². The summed E-state index contributed by atoms with van der Waals surface area (Å²) < 4.78 is 15.7. The molecule has 1 heterocycles. The predicted molar refractivity (Wildman–Crippen MR) is 90.0 cm³/mol. The molecule has 0 bridgehead atoms. The molecule has 1 aromatic heterocycles. The molecule has 0 aliphatic carbocycles. The summed E-state index contributed by atoms with van der Waals surface area (Å²) in [4.78, 5) is 23.9. The predicted octanol–water partition coefficient (Wildman–Crippen LogP) is 2.86. The van der Waals surface area contributed by atoms with Crippen molar-refractivity contribution in [2.24, 2.45) is 0 Å². The van der Waals surface area contributed by atoms with Gasteiger partial charge in [-0.2, -0.15) is 5.26 Å². The van der Waals surface area contributed by atoms with E-state index in [0.717, 1.165) is 0 Å². The molecule has 7 heteroatoms. The summed E-state index contributed by atoms with van der Waals surface area (Å²) in [6, 6.07) is 7.03. The van der Waals surface area contributed by atoms with Crippen molar-refractivity contribution >= 4 is 17.6 Å². The number of amides is 1. The van der Waals surface area contributed by atoms with Crippen molar-refractivity contribution in [3.8, 4) is 17.6 Å². The summed E-state index contributed by atoms with van der Waals surface area (Å²) in [6.07, 6.45) is 0.0420. The third-order valence-corrected chi connectivity index (χ3v) is 3.61. The Kier molecular flexibility index (Phi) is 5.45. The third kappa shape index (κ3) is 3.80. The number of hydrogen-bond donors (Lipinski definition) is 1. The lowest BCUT2D eigenvalue weighted by molar-refractivity contribution is -0.115. The van der Waals surface area contributed by atoms with Crippen molar-refractivity contribution in [1.82, 2.24) is 0 Å². The number of rotatable bonds is 6. The fourth-order valence-electron chi connectivity index (χ4n) is 2.51. The van der Waals surface area contributed by atoms with Crippen LogP contribution in [-0.2, 0) is 11.2 Å². The van der Waals surface area contributed by atoms with Gasteiger partial charge in [0.1, 0.15) is 17.4 Å².